The van der Waals surface area contributed by atoms with Crippen LogP contribution in [0.5, 0.6) is 5.75 Å². The molecular weight excluding hydrogens is 392 g/mol. The van der Waals surface area contributed by atoms with E-state index >= 15 is 0 Å². The van der Waals surface area contributed by atoms with Gasteiger partial charge in [-0.15, -0.1) is 0 Å². The van der Waals surface area contributed by atoms with E-state index in [4.69, 9.17) is 28.4 Å². The number of hydrogen-bond donors (Lipinski definition) is 0. The second-order valence-corrected chi connectivity index (χ2v) is 7.32. The van der Waals surface area contributed by atoms with E-state index in [1.165, 1.54) is 0 Å². The van der Waals surface area contributed by atoms with Crippen molar-refractivity contribution in [1.82, 2.24) is 0 Å². The smallest absolute Gasteiger partial charge is 0.308 e. The Morgan fingerprint density at radius 2 is 1.23 bits per heavy atom. The van der Waals surface area contributed by atoms with Crippen molar-refractivity contribution in [2.24, 2.45) is 0 Å². The Morgan fingerprint density at radius 3 is 1.70 bits per heavy atom. The van der Waals surface area contributed by atoms with E-state index in [0.29, 0.717) is 70.8 Å². The zero-order valence-corrected chi connectivity index (χ0v) is 18.2. The highest BCUT2D eigenvalue weighted by Crippen LogP contribution is 2.10. The summed E-state index contributed by atoms with van der Waals surface area (Å²) in [6, 6.07) is 6.91. The fourth-order valence-corrected chi connectivity index (χ4v) is 2.17. The predicted molar refractivity (Wildman–Crippen MR) is 111 cm³/mol. The van der Waals surface area contributed by atoms with E-state index in [1.807, 2.05) is 20.8 Å². The van der Waals surface area contributed by atoms with Crippen LogP contribution in [0.25, 0.3) is 0 Å². The number of esters is 1. The molecular formula is C22H34O8. The third-order valence-corrected chi connectivity index (χ3v) is 3.50. The first-order chi connectivity index (χ1) is 14.4. The average Bonchev–Trinajstić information content (AvgIpc) is 2.70. The number of hydrogen-bond acceptors (Lipinski definition) is 8. The molecule has 0 atom stereocenters. The highest BCUT2D eigenvalue weighted by Gasteiger charge is 2.15. The lowest BCUT2D eigenvalue weighted by molar-refractivity contribution is -0.156. The van der Waals surface area contributed by atoms with Crippen molar-refractivity contribution in [2.75, 3.05) is 59.5 Å². The topological polar surface area (TPSA) is 89.5 Å². The van der Waals surface area contributed by atoms with Crippen LogP contribution in [0, 0.1) is 0 Å². The lowest BCUT2D eigenvalue weighted by Gasteiger charge is -2.19. The summed E-state index contributed by atoms with van der Waals surface area (Å²) in [4.78, 5) is 22.1. The van der Waals surface area contributed by atoms with Gasteiger partial charge in [0.05, 0.1) is 59.3 Å². The van der Waals surface area contributed by atoms with Gasteiger partial charge >= 0.3 is 5.97 Å². The summed E-state index contributed by atoms with van der Waals surface area (Å²) in [5.74, 6) is 0.435. The van der Waals surface area contributed by atoms with E-state index in [9.17, 15) is 9.59 Å². The highest BCUT2D eigenvalue weighted by atomic mass is 16.6. The highest BCUT2D eigenvalue weighted by molar-refractivity contribution is 5.74. The first kappa shape index (κ1) is 26.0. The van der Waals surface area contributed by atoms with Crippen LogP contribution < -0.4 is 4.74 Å². The SMILES string of the molecule is CC(C)(C)OC(=O)CCOCCOCCOCCOCCOc1ccc(C=O)cc1. The van der Waals surface area contributed by atoms with E-state index in [0.717, 1.165) is 6.29 Å². The third kappa shape index (κ3) is 14.9. The monoisotopic (exact) mass is 426 g/mol. The summed E-state index contributed by atoms with van der Waals surface area (Å²) in [5.41, 5.74) is 0.148. The molecule has 0 radical (unpaired) electrons. The number of benzene rings is 1. The largest absolute Gasteiger partial charge is 0.491 e. The minimum Gasteiger partial charge on any atom is -0.491 e. The number of aldehydes is 1. The molecule has 1 aromatic carbocycles. The molecule has 0 spiro atoms. The molecule has 0 aromatic heterocycles. The Labute approximate surface area is 178 Å². The number of carbonyl (C=O) groups excluding carboxylic acids is 2. The molecule has 1 aromatic rings. The third-order valence-electron chi connectivity index (χ3n) is 3.50. The lowest BCUT2D eigenvalue weighted by Crippen LogP contribution is -2.24. The molecule has 0 amide bonds. The average molecular weight is 427 g/mol. The van der Waals surface area contributed by atoms with Crippen LogP contribution in [0.15, 0.2) is 24.3 Å². The molecule has 0 saturated heterocycles. The normalized spacial score (nSPS) is 11.3. The van der Waals surface area contributed by atoms with Gasteiger partial charge in [0.1, 0.15) is 24.2 Å². The summed E-state index contributed by atoms with van der Waals surface area (Å²) < 4.78 is 32.2. The van der Waals surface area contributed by atoms with Crippen molar-refractivity contribution in [2.45, 2.75) is 32.8 Å². The molecule has 0 aliphatic rings. The van der Waals surface area contributed by atoms with Gasteiger partial charge in [-0.1, -0.05) is 0 Å². The van der Waals surface area contributed by atoms with Gasteiger partial charge in [-0.3, -0.25) is 9.59 Å². The quantitative estimate of drug-likeness (QED) is 0.213. The summed E-state index contributed by atoms with van der Waals surface area (Å²) in [7, 11) is 0. The van der Waals surface area contributed by atoms with Gasteiger partial charge in [0.15, 0.2) is 0 Å². The number of ether oxygens (including phenoxy) is 6. The van der Waals surface area contributed by atoms with Gasteiger partial charge in [-0.2, -0.15) is 0 Å². The fourth-order valence-electron chi connectivity index (χ4n) is 2.17. The first-order valence-corrected chi connectivity index (χ1v) is 10.1. The van der Waals surface area contributed by atoms with Gasteiger partial charge in [-0.05, 0) is 45.0 Å². The standard InChI is InChI=1S/C22H34O8/c1-22(2,3)30-21(24)8-9-25-10-11-26-12-13-27-14-15-28-16-17-29-20-6-4-19(18-23)5-7-20/h4-7,18H,8-17H2,1-3H3. The molecule has 0 unspecified atom stereocenters. The Morgan fingerprint density at radius 1 is 0.767 bits per heavy atom. The number of carbonyl (C=O) groups is 2. The summed E-state index contributed by atoms with van der Waals surface area (Å²) in [5, 5.41) is 0. The van der Waals surface area contributed by atoms with Crippen molar-refractivity contribution in [3.05, 3.63) is 29.8 Å². The molecule has 1 rings (SSSR count). The Hall–Kier alpha value is -2.00. The molecule has 0 aliphatic heterocycles. The molecule has 30 heavy (non-hydrogen) atoms. The van der Waals surface area contributed by atoms with Crippen LogP contribution in [0.1, 0.15) is 37.6 Å². The van der Waals surface area contributed by atoms with E-state index in [-0.39, 0.29) is 12.4 Å². The Bertz CT molecular complexity index is 580. The maximum absolute atomic E-state index is 11.5. The maximum atomic E-state index is 11.5. The van der Waals surface area contributed by atoms with E-state index in [1.54, 1.807) is 24.3 Å². The molecule has 0 aliphatic carbocycles. The summed E-state index contributed by atoms with van der Waals surface area (Å²) in [6.07, 6.45) is 1.03. The molecule has 0 saturated carbocycles. The van der Waals surface area contributed by atoms with Gasteiger partial charge in [-0.25, -0.2) is 0 Å². The van der Waals surface area contributed by atoms with Crippen molar-refractivity contribution in [3.8, 4) is 5.75 Å². The van der Waals surface area contributed by atoms with Crippen LogP contribution in [0.4, 0.5) is 0 Å². The van der Waals surface area contributed by atoms with Gasteiger partial charge in [0, 0.05) is 5.56 Å². The first-order valence-electron chi connectivity index (χ1n) is 10.1. The van der Waals surface area contributed by atoms with Crippen molar-refractivity contribution < 1.29 is 38.0 Å². The zero-order valence-electron chi connectivity index (χ0n) is 18.2. The van der Waals surface area contributed by atoms with Gasteiger partial charge < -0.3 is 28.4 Å². The van der Waals surface area contributed by atoms with Crippen molar-refractivity contribution >= 4 is 12.3 Å². The zero-order chi connectivity index (χ0) is 22.1. The summed E-state index contributed by atoms with van der Waals surface area (Å²) >= 11 is 0. The lowest BCUT2D eigenvalue weighted by atomic mass is 10.2. The molecule has 0 heterocycles. The van der Waals surface area contributed by atoms with Crippen molar-refractivity contribution in [3.63, 3.8) is 0 Å². The minimum atomic E-state index is -0.468. The minimum absolute atomic E-state index is 0.234. The molecule has 0 fully saturated rings. The van der Waals surface area contributed by atoms with Gasteiger partial charge in [0.25, 0.3) is 0 Å². The van der Waals surface area contributed by atoms with Crippen LogP contribution >= 0.6 is 0 Å². The van der Waals surface area contributed by atoms with Crippen molar-refractivity contribution in [1.29, 1.82) is 0 Å². The Balaban J connectivity index is 1.80. The van der Waals surface area contributed by atoms with Crippen LogP contribution in [0.2, 0.25) is 0 Å². The van der Waals surface area contributed by atoms with E-state index in [2.05, 4.69) is 0 Å². The fraction of sp³-hybridized carbons (Fsp3) is 0.636. The predicted octanol–water partition coefficient (Wildman–Crippen LogP) is 2.68. The maximum Gasteiger partial charge on any atom is 0.308 e. The van der Waals surface area contributed by atoms with E-state index < -0.39 is 5.60 Å². The number of rotatable bonds is 17. The van der Waals surface area contributed by atoms with Gasteiger partial charge in [0.2, 0.25) is 0 Å². The van der Waals surface area contributed by atoms with Crippen LogP contribution in [-0.2, 0) is 28.5 Å². The molecule has 0 N–H and O–H groups in total. The molecule has 8 heteroatoms. The molecule has 170 valence electrons. The second-order valence-electron chi connectivity index (χ2n) is 7.32. The second kappa shape index (κ2) is 15.8. The molecule has 8 nitrogen and oxygen atoms in total. The summed E-state index contributed by atoms with van der Waals surface area (Å²) in [6.45, 7) is 9.46. The van der Waals surface area contributed by atoms with Crippen LogP contribution in [-0.4, -0.2) is 77.3 Å². The molecule has 0 bridgehead atoms. The Kier molecular flexibility index (Phi) is 13.7. The van der Waals surface area contributed by atoms with Crippen LogP contribution in [0.3, 0.4) is 0 Å².